The summed E-state index contributed by atoms with van der Waals surface area (Å²) >= 11 is 0. The third-order valence-electron chi connectivity index (χ3n) is 9.13. The summed E-state index contributed by atoms with van der Waals surface area (Å²) in [5.41, 5.74) is 0. The molecule has 1 atom stereocenters. The molecule has 5 nitrogen and oxygen atoms in total. The Morgan fingerprint density at radius 1 is 0.383 bits per heavy atom. The zero-order valence-electron chi connectivity index (χ0n) is 37.9. The van der Waals surface area contributed by atoms with Crippen LogP contribution in [0.3, 0.4) is 0 Å². The van der Waals surface area contributed by atoms with E-state index >= 15 is 0 Å². The van der Waals surface area contributed by atoms with E-state index in [1.165, 1.54) is 25.7 Å². The fourth-order valence-electron chi connectivity index (χ4n) is 5.69. The predicted molar refractivity (Wildman–Crippen MR) is 260 cm³/mol. The van der Waals surface area contributed by atoms with Gasteiger partial charge in [-0.1, -0.05) is 192 Å². The minimum Gasteiger partial charge on any atom is -0.462 e. The molecule has 0 aromatic heterocycles. The standard InChI is InChI=1S/C55H84O5/c1-3-5-7-9-11-13-15-17-19-21-22-23-24-25-26-27-28-29-30-31-32-34-36-38-40-42-44-46-48-50-55(58)60-53(51-56)52-59-54(57)49-47-45-43-41-39-37-35-33-20-18-16-14-12-10-8-6-4-2/h5-8,11-14,17-20,22-23,25-26,28-29,31-32,36,38,42,44,53,56H,3-4,9-10,15-16,21,24,27,30,33-35,37,39-41,43,45-52H2,1-2H3/b7-5-,8-6-,13-11-,14-12-,19-17-,20-18-,23-22-,26-25-,29-28-,32-31-,38-36-,44-42-. The topological polar surface area (TPSA) is 72.8 Å². The normalized spacial score (nSPS) is 13.6. The van der Waals surface area contributed by atoms with Crippen LogP contribution in [0, 0.1) is 0 Å². The second kappa shape index (κ2) is 49.1. The maximum atomic E-state index is 12.2. The molecule has 0 heterocycles. The summed E-state index contributed by atoms with van der Waals surface area (Å²) in [7, 11) is 0. The number of carbonyl (C=O) groups excluding carboxylic acids is 2. The number of unbranched alkanes of at least 4 members (excludes halogenated alkanes) is 8. The molecular weight excluding hydrogens is 741 g/mol. The fourth-order valence-corrected chi connectivity index (χ4v) is 5.69. The predicted octanol–water partition coefficient (Wildman–Crippen LogP) is 15.5. The van der Waals surface area contributed by atoms with Gasteiger partial charge in [-0.15, -0.1) is 0 Å². The van der Waals surface area contributed by atoms with Crippen molar-refractivity contribution in [2.45, 2.75) is 174 Å². The minimum atomic E-state index is -0.818. The number of hydrogen-bond donors (Lipinski definition) is 1. The van der Waals surface area contributed by atoms with Gasteiger partial charge in [-0.05, 0) is 109 Å². The van der Waals surface area contributed by atoms with Gasteiger partial charge in [0.2, 0.25) is 0 Å². The fraction of sp³-hybridized carbons (Fsp3) is 0.527. The Balaban J connectivity index is 3.74. The zero-order valence-corrected chi connectivity index (χ0v) is 37.9. The molecule has 1 N–H and O–H groups in total. The minimum absolute atomic E-state index is 0.105. The third-order valence-corrected chi connectivity index (χ3v) is 9.13. The van der Waals surface area contributed by atoms with E-state index in [1.54, 1.807) is 0 Å². The molecule has 0 aromatic carbocycles. The quantitative estimate of drug-likeness (QED) is 0.0378. The highest BCUT2D eigenvalue weighted by molar-refractivity contribution is 5.70. The van der Waals surface area contributed by atoms with E-state index in [2.05, 4.69) is 160 Å². The summed E-state index contributed by atoms with van der Waals surface area (Å²) in [5, 5.41) is 9.59. The number of carbonyl (C=O) groups is 2. The van der Waals surface area contributed by atoms with Crippen molar-refractivity contribution in [2.24, 2.45) is 0 Å². The Kier molecular flexibility index (Phi) is 45.7. The zero-order chi connectivity index (χ0) is 43.5. The van der Waals surface area contributed by atoms with Crippen LogP contribution in [0.25, 0.3) is 0 Å². The number of rotatable bonds is 40. The molecule has 0 saturated heterocycles. The van der Waals surface area contributed by atoms with Gasteiger partial charge in [0, 0.05) is 12.8 Å². The molecule has 1 unspecified atom stereocenters. The van der Waals surface area contributed by atoms with Crippen molar-refractivity contribution in [2.75, 3.05) is 13.2 Å². The molecule has 0 aromatic rings. The third kappa shape index (κ3) is 46.5. The van der Waals surface area contributed by atoms with Crippen molar-refractivity contribution in [3.05, 3.63) is 146 Å². The Morgan fingerprint density at radius 2 is 0.683 bits per heavy atom. The van der Waals surface area contributed by atoms with Gasteiger partial charge in [0.1, 0.15) is 6.61 Å². The van der Waals surface area contributed by atoms with Crippen LogP contribution < -0.4 is 0 Å². The Bertz CT molecular complexity index is 1350. The van der Waals surface area contributed by atoms with Crippen LogP contribution in [-0.2, 0) is 19.1 Å². The molecule has 60 heavy (non-hydrogen) atoms. The highest BCUT2D eigenvalue weighted by Crippen LogP contribution is 2.11. The number of hydrogen-bond acceptors (Lipinski definition) is 5. The largest absolute Gasteiger partial charge is 0.462 e. The highest BCUT2D eigenvalue weighted by atomic mass is 16.6. The highest BCUT2D eigenvalue weighted by Gasteiger charge is 2.16. The van der Waals surface area contributed by atoms with Gasteiger partial charge in [-0.25, -0.2) is 0 Å². The van der Waals surface area contributed by atoms with Crippen molar-refractivity contribution < 1.29 is 24.2 Å². The van der Waals surface area contributed by atoms with Crippen LogP contribution in [0.1, 0.15) is 168 Å². The average molecular weight is 825 g/mol. The number of esters is 2. The second-order valence-electron chi connectivity index (χ2n) is 14.7. The van der Waals surface area contributed by atoms with E-state index in [0.717, 1.165) is 109 Å². The van der Waals surface area contributed by atoms with Crippen LogP contribution in [-0.4, -0.2) is 36.4 Å². The molecule has 0 aliphatic heterocycles. The molecule has 334 valence electrons. The van der Waals surface area contributed by atoms with E-state index in [0.29, 0.717) is 12.8 Å². The number of ether oxygens (including phenoxy) is 2. The van der Waals surface area contributed by atoms with Crippen LogP contribution in [0.4, 0.5) is 0 Å². The van der Waals surface area contributed by atoms with Crippen LogP contribution >= 0.6 is 0 Å². The van der Waals surface area contributed by atoms with Gasteiger partial charge in [0.05, 0.1) is 6.61 Å². The van der Waals surface area contributed by atoms with Crippen molar-refractivity contribution in [3.8, 4) is 0 Å². The summed E-state index contributed by atoms with van der Waals surface area (Å²) in [6.45, 7) is 3.84. The first kappa shape index (κ1) is 55.8. The molecule has 5 heteroatoms. The van der Waals surface area contributed by atoms with Gasteiger partial charge < -0.3 is 14.6 Å². The molecule has 0 spiro atoms. The number of aliphatic hydroxyl groups excluding tert-OH is 1. The smallest absolute Gasteiger partial charge is 0.306 e. The van der Waals surface area contributed by atoms with Gasteiger partial charge >= 0.3 is 11.9 Å². The van der Waals surface area contributed by atoms with Gasteiger partial charge in [-0.2, -0.15) is 0 Å². The van der Waals surface area contributed by atoms with Gasteiger partial charge in [0.25, 0.3) is 0 Å². The summed E-state index contributed by atoms with van der Waals surface area (Å²) in [4.78, 5) is 24.4. The van der Waals surface area contributed by atoms with E-state index < -0.39 is 6.10 Å². The molecule has 0 rings (SSSR count). The first-order valence-electron chi connectivity index (χ1n) is 23.4. The van der Waals surface area contributed by atoms with Crippen molar-refractivity contribution in [3.63, 3.8) is 0 Å². The SMILES string of the molecule is CC/C=C\C/C=C\C/C=C\C/C=C\C/C=C\C/C=C\C/C=C\C/C=C\C/C=C\CCCC(=O)OC(CO)COC(=O)CCCCCCCCC/C=C\C/C=C\C/C=C\CC. The first-order chi connectivity index (χ1) is 29.6. The van der Waals surface area contributed by atoms with Gasteiger partial charge in [0.15, 0.2) is 6.10 Å². The summed E-state index contributed by atoms with van der Waals surface area (Å²) in [6.07, 6.45) is 75.0. The van der Waals surface area contributed by atoms with Crippen molar-refractivity contribution in [1.82, 2.24) is 0 Å². The maximum absolute atomic E-state index is 12.2. The van der Waals surface area contributed by atoms with Gasteiger partial charge in [-0.3, -0.25) is 9.59 Å². The Labute approximate surface area is 368 Å². The molecule has 0 saturated carbocycles. The Hall–Kier alpha value is -4.22. The van der Waals surface area contributed by atoms with Crippen LogP contribution in [0.5, 0.6) is 0 Å². The lowest BCUT2D eigenvalue weighted by atomic mass is 10.1. The molecular formula is C55H84O5. The first-order valence-corrected chi connectivity index (χ1v) is 23.4. The molecule has 0 fully saturated rings. The van der Waals surface area contributed by atoms with Crippen molar-refractivity contribution in [1.29, 1.82) is 0 Å². The van der Waals surface area contributed by atoms with E-state index in [-0.39, 0.29) is 31.6 Å². The molecule has 0 aliphatic rings. The van der Waals surface area contributed by atoms with E-state index in [9.17, 15) is 14.7 Å². The summed E-state index contributed by atoms with van der Waals surface area (Å²) in [5.74, 6) is -0.687. The van der Waals surface area contributed by atoms with Crippen molar-refractivity contribution >= 4 is 11.9 Å². The van der Waals surface area contributed by atoms with Crippen LogP contribution in [0.15, 0.2) is 146 Å². The average Bonchev–Trinajstić information content (AvgIpc) is 3.25. The molecule has 0 amide bonds. The summed E-state index contributed by atoms with van der Waals surface area (Å²) in [6, 6.07) is 0. The van der Waals surface area contributed by atoms with E-state index in [4.69, 9.17) is 9.47 Å². The molecule has 0 radical (unpaired) electrons. The summed E-state index contributed by atoms with van der Waals surface area (Å²) < 4.78 is 10.6. The van der Waals surface area contributed by atoms with E-state index in [1.807, 2.05) is 0 Å². The Morgan fingerprint density at radius 3 is 1.05 bits per heavy atom. The lowest BCUT2D eigenvalue weighted by Gasteiger charge is -2.15. The lowest BCUT2D eigenvalue weighted by Crippen LogP contribution is -2.28. The molecule has 0 bridgehead atoms. The molecule has 0 aliphatic carbocycles. The number of allylic oxidation sites excluding steroid dienone is 24. The lowest BCUT2D eigenvalue weighted by molar-refractivity contribution is -0.161. The maximum Gasteiger partial charge on any atom is 0.306 e. The van der Waals surface area contributed by atoms with Crippen LogP contribution in [0.2, 0.25) is 0 Å². The monoisotopic (exact) mass is 825 g/mol. The number of aliphatic hydroxyl groups is 1. The second-order valence-corrected chi connectivity index (χ2v) is 14.7.